The van der Waals surface area contributed by atoms with E-state index >= 15 is 0 Å². The number of aromatic nitrogens is 2. The highest BCUT2D eigenvalue weighted by atomic mass is 32.2. The standard InChI is InChI=1S/C19H27N3O2S/c1-14-12-20-21-18(14)15-6-5-11-22(13-15)25(23,24)17-9-7-16(8-10-17)19(2,3)4/h7-10,12,15H,5-6,11,13H2,1-4H3,(H,20,21). The number of aryl methyl sites for hydroxylation is 1. The maximum absolute atomic E-state index is 13.0. The van der Waals surface area contributed by atoms with E-state index in [0.717, 1.165) is 29.7 Å². The number of nitrogens with zero attached hydrogens (tertiary/aromatic N) is 2. The molecule has 2 aromatic rings. The second-order valence-electron chi connectivity index (χ2n) is 7.94. The van der Waals surface area contributed by atoms with E-state index in [1.54, 1.807) is 22.6 Å². The van der Waals surface area contributed by atoms with Crippen LogP contribution < -0.4 is 0 Å². The summed E-state index contributed by atoms with van der Waals surface area (Å²) in [6.07, 6.45) is 3.65. The Kier molecular flexibility index (Phi) is 4.77. The van der Waals surface area contributed by atoms with Gasteiger partial charge in [0.25, 0.3) is 0 Å². The minimum atomic E-state index is -3.46. The van der Waals surface area contributed by atoms with Gasteiger partial charge in [0, 0.05) is 24.7 Å². The number of sulfonamides is 1. The average Bonchev–Trinajstić information content (AvgIpc) is 3.00. The number of aromatic amines is 1. The lowest BCUT2D eigenvalue weighted by Gasteiger charge is -2.32. The van der Waals surface area contributed by atoms with Gasteiger partial charge in [0.1, 0.15) is 0 Å². The van der Waals surface area contributed by atoms with Crippen molar-refractivity contribution < 1.29 is 8.42 Å². The predicted molar refractivity (Wildman–Crippen MR) is 99.2 cm³/mol. The van der Waals surface area contributed by atoms with Crippen molar-refractivity contribution in [2.75, 3.05) is 13.1 Å². The van der Waals surface area contributed by atoms with Crippen LogP contribution in [0.15, 0.2) is 35.4 Å². The van der Waals surface area contributed by atoms with Crippen molar-refractivity contribution in [1.29, 1.82) is 0 Å². The molecule has 1 unspecified atom stereocenters. The lowest BCUT2D eigenvalue weighted by molar-refractivity contribution is 0.312. The second-order valence-corrected chi connectivity index (χ2v) is 9.88. The van der Waals surface area contributed by atoms with Gasteiger partial charge in [-0.25, -0.2) is 8.42 Å². The van der Waals surface area contributed by atoms with Crippen molar-refractivity contribution in [3.05, 3.63) is 47.3 Å². The summed E-state index contributed by atoms with van der Waals surface area (Å²) in [6.45, 7) is 9.46. The van der Waals surface area contributed by atoms with E-state index in [0.29, 0.717) is 18.0 Å². The molecule has 0 bridgehead atoms. The SMILES string of the molecule is Cc1cn[nH]c1C1CCCN(S(=O)(=O)c2ccc(C(C)(C)C)cc2)C1. The molecule has 0 aliphatic carbocycles. The van der Waals surface area contributed by atoms with Crippen LogP contribution in [0.25, 0.3) is 0 Å². The quantitative estimate of drug-likeness (QED) is 0.908. The summed E-state index contributed by atoms with van der Waals surface area (Å²) in [4.78, 5) is 0.377. The van der Waals surface area contributed by atoms with Crippen molar-refractivity contribution in [3.8, 4) is 0 Å². The molecule has 6 heteroatoms. The van der Waals surface area contributed by atoms with E-state index in [1.807, 2.05) is 19.1 Å². The largest absolute Gasteiger partial charge is 0.282 e. The average molecular weight is 362 g/mol. The molecule has 136 valence electrons. The van der Waals surface area contributed by atoms with Gasteiger partial charge < -0.3 is 0 Å². The minimum absolute atomic E-state index is 0.0106. The molecule has 3 rings (SSSR count). The van der Waals surface area contributed by atoms with E-state index in [4.69, 9.17) is 0 Å². The molecule has 1 atom stereocenters. The van der Waals surface area contributed by atoms with E-state index < -0.39 is 10.0 Å². The molecule has 0 saturated carbocycles. The molecule has 0 radical (unpaired) electrons. The van der Waals surface area contributed by atoms with Crippen LogP contribution in [0.1, 0.15) is 56.4 Å². The number of rotatable bonds is 3. The Morgan fingerprint density at radius 1 is 1.20 bits per heavy atom. The Labute approximate surface area is 150 Å². The summed E-state index contributed by atoms with van der Waals surface area (Å²) in [6, 6.07) is 7.32. The Balaban J connectivity index is 1.83. The third-order valence-electron chi connectivity index (χ3n) is 5.02. The lowest BCUT2D eigenvalue weighted by Crippen LogP contribution is -2.39. The van der Waals surface area contributed by atoms with Gasteiger partial charge in [0.2, 0.25) is 10.0 Å². The fourth-order valence-electron chi connectivity index (χ4n) is 3.44. The zero-order valence-electron chi connectivity index (χ0n) is 15.4. The van der Waals surface area contributed by atoms with E-state index in [1.165, 1.54) is 0 Å². The van der Waals surface area contributed by atoms with Crippen LogP contribution in [-0.4, -0.2) is 36.0 Å². The Bertz CT molecular complexity index is 832. The molecule has 1 saturated heterocycles. The molecule has 2 heterocycles. The molecule has 0 amide bonds. The summed E-state index contributed by atoms with van der Waals surface area (Å²) in [5.74, 6) is 0.180. The number of nitrogens with one attached hydrogen (secondary N) is 1. The molecule has 5 nitrogen and oxygen atoms in total. The van der Waals surface area contributed by atoms with E-state index in [-0.39, 0.29) is 11.3 Å². The normalized spacial score (nSPS) is 19.9. The van der Waals surface area contributed by atoms with Gasteiger partial charge in [-0.3, -0.25) is 5.10 Å². The molecule has 1 N–H and O–H groups in total. The molecule has 1 aromatic heterocycles. The fourth-order valence-corrected chi connectivity index (χ4v) is 4.97. The predicted octanol–water partition coefficient (Wildman–Crippen LogP) is 3.58. The van der Waals surface area contributed by atoms with Crippen molar-refractivity contribution >= 4 is 10.0 Å². The minimum Gasteiger partial charge on any atom is -0.282 e. The van der Waals surface area contributed by atoms with Crippen LogP contribution >= 0.6 is 0 Å². The van der Waals surface area contributed by atoms with Crippen LogP contribution in [0.3, 0.4) is 0 Å². The molecule has 25 heavy (non-hydrogen) atoms. The smallest absolute Gasteiger partial charge is 0.243 e. The number of piperidine rings is 1. The van der Waals surface area contributed by atoms with E-state index in [9.17, 15) is 8.42 Å². The highest BCUT2D eigenvalue weighted by Crippen LogP contribution is 2.31. The van der Waals surface area contributed by atoms with Gasteiger partial charge in [-0.15, -0.1) is 0 Å². The second kappa shape index (κ2) is 6.57. The third-order valence-corrected chi connectivity index (χ3v) is 6.90. The number of hydrogen-bond donors (Lipinski definition) is 1. The summed E-state index contributed by atoms with van der Waals surface area (Å²) in [7, 11) is -3.46. The van der Waals surface area contributed by atoms with Gasteiger partial charge in [0.05, 0.1) is 11.1 Å². The van der Waals surface area contributed by atoms with Crippen LogP contribution in [0, 0.1) is 6.92 Å². The van der Waals surface area contributed by atoms with Gasteiger partial charge in [-0.1, -0.05) is 32.9 Å². The topological polar surface area (TPSA) is 66.1 Å². The van der Waals surface area contributed by atoms with Gasteiger partial charge in [-0.2, -0.15) is 9.40 Å². The van der Waals surface area contributed by atoms with Crippen molar-refractivity contribution in [2.24, 2.45) is 0 Å². The highest BCUT2D eigenvalue weighted by molar-refractivity contribution is 7.89. The lowest BCUT2D eigenvalue weighted by atomic mass is 9.87. The first-order chi connectivity index (χ1) is 11.7. The molecule has 1 aromatic carbocycles. The third kappa shape index (κ3) is 3.65. The van der Waals surface area contributed by atoms with Crippen LogP contribution in [0.2, 0.25) is 0 Å². The Morgan fingerprint density at radius 3 is 2.44 bits per heavy atom. The van der Waals surface area contributed by atoms with Gasteiger partial charge >= 0.3 is 0 Å². The number of H-pyrrole nitrogens is 1. The molecule has 1 fully saturated rings. The monoisotopic (exact) mass is 361 g/mol. The maximum Gasteiger partial charge on any atom is 0.243 e. The Morgan fingerprint density at radius 2 is 1.88 bits per heavy atom. The summed E-state index contributed by atoms with van der Waals surface area (Å²) in [5, 5.41) is 7.12. The number of hydrogen-bond acceptors (Lipinski definition) is 3. The first-order valence-corrected chi connectivity index (χ1v) is 10.2. The fraction of sp³-hybridized carbons (Fsp3) is 0.526. The molecule has 1 aliphatic heterocycles. The van der Waals surface area contributed by atoms with Crippen LogP contribution in [0.4, 0.5) is 0 Å². The summed E-state index contributed by atoms with van der Waals surface area (Å²) >= 11 is 0. The zero-order valence-corrected chi connectivity index (χ0v) is 16.2. The van der Waals surface area contributed by atoms with Gasteiger partial charge in [-0.05, 0) is 48.4 Å². The zero-order chi connectivity index (χ0) is 18.2. The van der Waals surface area contributed by atoms with Gasteiger partial charge in [0.15, 0.2) is 0 Å². The van der Waals surface area contributed by atoms with Crippen LogP contribution in [0.5, 0.6) is 0 Å². The Hall–Kier alpha value is -1.66. The first-order valence-electron chi connectivity index (χ1n) is 8.80. The molecular weight excluding hydrogens is 334 g/mol. The molecule has 0 spiro atoms. The van der Waals surface area contributed by atoms with Crippen molar-refractivity contribution in [3.63, 3.8) is 0 Å². The van der Waals surface area contributed by atoms with E-state index in [2.05, 4.69) is 31.0 Å². The van der Waals surface area contributed by atoms with Crippen molar-refractivity contribution in [2.45, 2.75) is 56.8 Å². The summed E-state index contributed by atoms with van der Waals surface area (Å²) in [5.41, 5.74) is 3.30. The summed E-state index contributed by atoms with van der Waals surface area (Å²) < 4.78 is 27.7. The van der Waals surface area contributed by atoms with Crippen LogP contribution in [-0.2, 0) is 15.4 Å². The maximum atomic E-state index is 13.0. The highest BCUT2D eigenvalue weighted by Gasteiger charge is 2.32. The molecule has 1 aliphatic rings. The van der Waals surface area contributed by atoms with Crippen molar-refractivity contribution in [1.82, 2.24) is 14.5 Å². The number of benzene rings is 1. The molecular formula is C19H27N3O2S. The first kappa shape index (κ1) is 18.1.